The molecule has 0 unspecified atom stereocenters. The van der Waals surface area contributed by atoms with Gasteiger partial charge in [-0.3, -0.25) is 0 Å². The Hall–Kier alpha value is -3.70. The molecule has 0 aliphatic rings. The fraction of sp³-hybridized carbons (Fsp3) is 0.0769. The van der Waals surface area contributed by atoms with Crippen LogP contribution in [0.2, 0.25) is 0 Å². The molecule has 0 fully saturated rings. The average Bonchev–Trinajstić information content (AvgIpc) is 3.27. The molecule has 5 rings (SSSR count). The third kappa shape index (κ3) is 4.13. The van der Waals surface area contributed by atoms with Crippen LogP contribution in [0.5, 0.6) is 5.75 Å². The number of rotatable bonds is 5. The second kappa shape index (κ2) is 8.20. The molecule has 5 heteroatoms. The Morgan fingerprint density at radius 3 is 2.55 bits per heavy atom. The van der Waals surface area contributed by atoms with Gasteiger partial charge in [-0.2, -0.15) is 0 Å². The fourth-order valence-electron chi connectivity index (χ4n) is 3.45. The van der Waals surface area contributed by atoms with Crippen LogP contribution >= 0.6 is 11.3 Å². The standard InChI is InChI=1S/C26H19NO3S/c1-17-7-9-19(10-8-17)26-27-20(16-31-26)15-29-21-11-12-22-23(18-5-3-2-4-6-18)14-25(28)30-24(22)13-21/h2-14,16H,15H2,1H3. The zero-order valence-electron chi connectivity index (χ0n) is 16.9. The second-order valence-electron chi connectivity index (χ2n) is 7.30. The van der Waals surface area contributed by atoms with Crippen LogP contribution in [0.25, 0.3) is 32.7 Å². The van der Waals surface area contributed by atoms with Gasteiger partial charge in [-0.05, 0) is 30.2 Å². The van der Waals surface area contributed by atoms with Gasteiger partial charge < -0.3 is 9.15 Å². The number of hydrogen-bond acceptors (Lipinski definition) is 5. The smallest absolute Gasteiger partial charge is 0.336 e. The first kappa shape index (κ1) is 19.3. The molecule has 0 amide bonds. The first-order valence-electron chi connectivity index (χ1n) is 9.93. The van der Waals surface area contributed by atoms with Gasteiger partial charge in [0.2, 0.25) is 0 Å². The van der Waals surface area contributed by atoms with Crippen LogP contribution in [0.15, 0.2) is 93.5 Å². The van der Waals surface area contributed by atoms with Gasteiger partial charge >= 0.3 is 5.63 Å². The normalized spacial score (nSPS) is 11.0. The lowest BCUT2D eigenvalue weighted by Crippen LogP contribution is -1.99. The molecular weight excluding hydrogens is 406 g/mol. The van der Waals surface area contributed by atoms with Crippen molar-refractivity contribution >= 4 is 22.3 Å². The Kier molecular flexibility index (Phi) is 5.10. The maximum atomic E-state index is 12.1. The van der Waals surface area contributed by atoms with E-state index in [2.05, 4.69) is 36.2 Å². The molecule has 0 spiro atoms. The highest BCUT2D eigenvalue weighted by atomic mass is 32.1. The molecule has 0 aliphatic carbocycles. The monoisotopic (exact) mass is 425 g/mol. The lowest BCUT2D eigenvalue weighted by molar-refractivity contribution is 0.302. The summed E-state index contributed by atoms with van der Waals surface area (Å²) in [5.41, 5.74) is 5.12. The SMILES string of the molecule is Cc1ccc(-c2nc(COc3ccc4c(-c5ccccc5)cc(=O)oc4c3)cs2)cc1. The zero-order chi connectivity index (χ0) is 21.2. The number of hydrogen-bond donors (Lipinski definition) is 0. The Morgan fingerprint density at radius 1 is 0.935 bits per heavy atom. The molecule has 31 heavy (non-hydrogen) atoms. The van der Waals surface area contributed by atoms with Gasteiger partial charge in [0.15, 0.2) is 0 Å². The van der Waals surface area contributed by atoms with Crippen LogP contribution in [0.3, 0.4) is 0 Å². The summed E-state index contributed by atoms with van der Waals surface area (Å²) in [5.74, 6) is 0.630. The maximum Gasteiger partial charge on any atom is 0.336 e. The number of aryl methyl sites for hydroxylation is 1. The van der Waals surface area contributed by atoms with E-state index < -0.39 is 0 Å². The van der Waals surface area contributed by atoms with E-state index >= 15 is 0 Å². The van der Waals surface area contributed by atoms with Gasteiger partial charge in [-0.15, -0.1) is 11.3 Å². The third-order valence-corrected chi connectivity index (χ3v) is 5.98. The molecule has 0 N–H and O–H groups in total. The summed E-state index contributed by atoms with van der Waals surface area (Å²) < 4.78 is 11.4. The van der Waals surface area contributed by atoms with Crippen molar-refractivity contribution in [2.75, 3.05) is 0 Å². The van der Waals surface area contributed by atoms with Crippen molar-refractivity contribution in [3.8, 4) is 27.4 Å². The predicted octanol–water partition coefficient (Wildman–Crippen LogP) is 6.47. The van der Waals surface area contributed by atoms with Gasteiger partial charge in [0.05, 0.1) is 5.69 Å². The largest absolute Gasteiger partial charge is 0.487 e. The number of fused-ring (bicyclic) bond motifs is 1. The van der Waals surface area contributed by atoms with E-state index in [1.807, 2.05) is 47.8 Å². The molecule has 4 nitrogen and oxygen atoms in total. The van der Waals surface area contributed by atoms with E-state index in [4.69, 9.17) is 9.15 Å². The van der Waals surface area contributed by atoms with Crippen LogP contribution in [0.4, 0.5) is 0 Å². The molecule has 5 aromatic rings. The zero-order valence-corrected chi connectivity index (χ0v) is 17.7. The van der Waals surface area contributed by atoms with Crippen LogP contribution < -0.4 is 10.4 Å². The summed E-state index contributed by atoms with van der Waals surface area (Å²) in [6.45, 7) is 2.41. The van der Waals surface area contributed by atoms with Crippen molar-refractivity contribution in [1.29, 1.82) is 0 Å². The Balaban J connectivity index is 1.38. The fourth-order valence-corrected chi connectivity index (χ4v) is 4.26. The molecule has 3 aromatic carbocycles. The highest BCUT2D eigenvalue weighted by Crippen LogP contribution is 2.30. The molecule has 0 saturated heterocycles. The van der Waals surface area contributed by atoms with Gasteiger partial charge in [-0.25, -0.2) is 9.78 Å². The summed E-state index contributed by atoms with van der Waals surface area (Å²) in [4.78, 5) is 16.8. The molecular formula is C26H19NO3S. The first-order valence-corrected chi connectivity index (χ1v) is 10.8. The lowest BCUT2D eigenvalue weighted by atomic mass is 10.0. The summed E-state index contributed by atoms with van der Waals surface area (Å²) in [6.07, 6.45) is 0. The summed E-state index contributed by atoms with van der Waals surface area (Å²) in [7, 11) is 0. The predicted molar refractivity (Wildman–Crippen MR) is 125 cm³/mol. The Morgan fingerprint density at radius 2 is 1.74 bits per heavy atom. The quantitative estimate of drug-likeness (QED) is 0.303. The van der Waals surface area contributed by atoms with Crippen molar-refractivity contribution < 1.29 is 9.15 Å². The van der Waals surface area contributed by atoms with Crippen molar-refractivity contribution in [2.45, 2.75) is 13.5 Å². The van der Waals surface area contributed by atoms with E-state index in [0.29, 0.717) is 17.9 Å². The number of thiazole rings is 1. The summed E-state index contributed by atoms with van der Waals surface area (Å²) >= 11 is 1.60. The second-order valence-corrected chi connectivity index (χ2v) is 8.16. The van der Waals surface area contributed by atoms with Crippen molar-refractivity contribution in [1.82, 2.24) is 4.98 Å². The third-order valence-electron chi connectivity index (χ3n) is 5.04. The average molecular weight is 426 g/mol. The lowest BCUT2D eigenvalue weighted by Gasteiger charge is -2.08. The molecule has 0 radical (unpaired) electrons. The number of benzene rings is 3. The molecule has 2 heterocycles. The number of nitrogens with zero attached hydrogens (tertiary/aromatic N) is 1. The van der Waals surface area contributed by atoms with Gasteiger partial charge in [-0.1, -0.05) is 60.2 Å². The van der Waals surface area contributed by atoms with E-state index in [1.54, 1.807) is 17.4 Å². The number of aromatic nitrogens is 1. The minimum Gasteiger partial charge on any atom is -0.487 e. The van der Waals surface area contributed by atoms with Gasteiger partial charge in [0, 0.05) is 28.5 Å². The summed E-state index contributed by atoms with van der Waals surface area (Å²) in [5, 5.41) is 3.84. The minimum absolute atomic E-state index is 0.344. The molecule has 0 saturated carbocycles. The van der Waals surface area contributed by atoms with E-state index in [-0.39, 0.29) is 5.63 Å². The molecule has 0 aliphatic heterocycles. The van der Waals surface area contributed by atoms with Crippen molar-refractivity contribution in [3.63, 3.8) is 0 Å². The van der Waals surface area contributed by atoms with E-state index in [0.717, 1.165) is 32.8 Å². The first-order chi connectivity index (χ1) is 15.2. The maximum absolute atomic E-state index is 12.1. The Bertz CT molecular complexity index is 1400. The molecule has 2 aromatic heterocycles. The van der Waals surface area contributed by atoms with Crippen LogP contribution in [0, 0.1) is 6.92 Å². The topological polar surface area (TPSA) is 52.3 Å². The van der Waals surface area contributed by atoms with E-state index in [9.17, 15) is 4.79 Å². The summed E-state index contributed by atoms with van der Waals surface area (Å²) in [6, 6.07) is 25.2. The van der Waals surface area contributed by atoms with Crippen molar-refractivity contribution in [3.05, 3.63) is 106 Å². The molecule has 0 atom stereocenters. The van der Waals surface area contributed by atoms with Crippen molar-refractivity contribution in [2.24, 2.45) is 0 Å². The van der Waals surface area contributed by atoms with E-state index in [1.165, 1.54) is 11.6 Å². The number of ether oxygens (including phenoxy) is 1. The minimum atomic E-state index is -0.384. The van der Waals surface area contributed by atoms with Gasteiger partial charge in [0.25, 0.3) is 0 Å². The Labute approximate surface area is 183 Å². The van der Waals surface area contributed by atoms with Crippen LogP contribution in [0.1, 0.15) is 11.3 Å². The highest BCUT2D eigenvalue weighted by molar-refractivity contribution is 7.13. The van der Waals surface area contributed by atoms with Crippen LogP contribution in [-0.2, 0) is 6.61 Å². The molecule has 152 valence electrons. The van der Waals surface area contributed by atoms with Crippen LogP contribution in [-0.4, -0.2) is 4.98 Å². The molecule has 0 bridgehead atoms. The van der Waals surface area contributed by atoms with Gasteiger partial charge in [0.1, 0.15) is 22.9 Å². The highest BCUT2D eigenvalue weighted by Gasteiger charge is 2.10.